The molecule has 0 amide bonds. The molecule has 11 heavy (non-hydrogen) atoms. The van der Waals surface area contributed by atoms with E-state index >= 15 is 0 Å². The molecule has 2 heterocycles. The van der Waals surface area contributed by atoms with Gasteiger partial charge in [-0.15, -0.1) is 22.7 Å². The smallest absolute Gasteiger partial charge is 0.0696 e. The average Bonchev–Trinajstić information content (AvgIpc) is 2.46. The van der Waals surface area contributed by atoms with E-state index in [-0.39, 0.29) is 0 Å². The Bertz CT molecular complexity index is 376. The first-order chi connectivity index (χ1) is 5.40. The van der Waals surface area contributed by atoms with Gasteiger partial charge in [0.1, 0.15) is 0 Å². The Kier molecular flexibility index (Phi) is 1.65. The van der Waals surface area contributed by atoms with Gasteiger partial charge in [0.2, 0.25) is 0 Å². The van der Waals surface area contributed by atoms with E-state index in [1.54, 1.807) is 22.7 Å². The van der Waals surface area contributed by atoms with Crippen molar-refractivity contribution in [3.63, 3.8) is 0 Å². The van der Waals surface area contributed by atoms with Crippen molar-refractivity contribution in [1.82, 2.24) is 0 Å². The fourth-order valence-corrected chi connectivity index (χ4v) is 3.05. The summed E-state index contributed by atoms with van der Waals surface area (Å²) in [5, 5.41) is 10.5. The van der Waals surface area contributed by atoms with Crippen LogP contribution in [0.4, 0.5) is 0 Å². The van der Waals surface area contributed by atoms with Crippen LogP contribution in [0.2, 0.25) is 0 Å². The number of fused-ring (bicyclic) bond motifs is 1. The van der Waals surface area contributed by atoms with Crippen molar-refractivity contribution >= 4 is 32.1 Å². The summed E-state index contributed by atoms with van der Waals surface area (Å²) in [6.45, 7) is 0. The van der Waals surface area contributed by atoms with Crippen molar-refractivity contribution in [3.05, 3.63) is 22.4 Å². The van der Waals surface area contributed by atoms with Crippen LogP contribution in [0, 0.1) is 11.3 Å². The van der Waals surface area contributed by atoms with Crippen LogP contribution in [-0.4, -0.2) is 0 Å². The number of nitrogens with zero attached hydrogens (tertiary/aromatic N) is 1. The molecule has 2 rings (SSSR count). The lowest BCUT2D eigenvalue weighted by atomic mass is 10.4. The largest absolute Gasteiger partial charge is 0.198 e. The van der Waals surface area contributed by atoms with Gasteiger partial charge in [-0.1, -0.05) is 0 Å². The summed E-state index contributed by atoms with van der Waals surface area (Å²) in [7, 11) is 0. The molecule has 0 aliphatic rings. The zero-order valence-corrected chi connectivity index (χ0v) is 7.34. The molecule has 0 atom stereocenters. The molecule has 0 aliphatic heterocycles. The molecule has 0 fully saturated rings. The van der Waals surface area contributed by atoms with Crippen molar-refractivity contribution in [3.8, 4) is 6.07 Å². The third kappa shape index (κ3) is 1.15. The Balaban J connectivity index is 2.52. The van der Waals surface area contributed by atoms with E-state index < -0.39 is 0 Å². The van der Waals surface area contributed by atoms with Gasteiger partial charge in [0.15, 0.2) is 0 Å². The second-order valence-electron chi connectivity index (χ2n) is 2.20. The lowest BCUT2D eigenvalue weighted by Crippen LogP contribution is -1.68. The summed E-state index contributed by atoms with van der Waals surface area (Å²) < 4.78 is 2.61. The molecule has 0 saturated carbocycles. The van der Waals surface area contributed by atoms with E-state index in [2.05, 4.69) is 23.6 Å². The van der Waals surface area contributed by atoms with Gasteiger partial charge in [-0.2, -0.15) is 5.26 Å². The molecule has 2 aromatic heterocycles. The number of nitriles is 1. The highest BCUT2D eigenvalue weighted by molar-refractivity contribution is 7.26. The molecule has 54 valence electrons. The minimum Gasteiger partial charge on any atom is -0.198 e. The van der Waals surface area contributed by atoms with Gasteiger partial charge in [-0.25, -0.2) is 0 Å². The summed E-state index contributed by atoms with van der Waals surface area (Å²) in [4.78, 5) is 1.18. The highest BCUT2D eigenvalue weighted by atomic mass is 32.1. The second-order valence-corrected chi connectivity index (χ2v) is 4.31. The maximum Gasteiger partial charge on any atom is 0.0696 e. The maximum atomic E-state index is 8.44. The molecule has 0 N–H and O–H groups in total. The van der Waals surface area contributed by atoms with Gasteiger partial charge < -0.3 is 0 Å². The zero-order chi connectivity index (χ0) is 7.68. The van der Waals surface area contributed by atoms with Crippen molar-refractivity contribution in [2.75, 3.05) is 0 Å². The zero-order valence-electron chi connectivity index (χ0n) is 5.70. The first-order valence-electron chi connectivity index (χ1n) is 3.23. The van der Waals surface area contributed by atoms with E-state index in [1.807, 2.05) is 0 Å². The van der Waals surface area contributed by atoms with Crippen LogP contribution < -0.4 is 0 Å². The third-order valence-electron chi connectivity index (χ3n) is 1.44. The van der Waals surface area contributed by atoms with Crippen LogP contribution in [0.25, 0.3) is 9.40 Å². The fourth-order valence-electron chi connectivity index (χ4n) is 0.981. The second kappa shape index (κ2) is 2.65. The summed E-state index contributed by atoms with van der Waals surface area (Å²) >= 11 is 3.45. The molecule has 0 spiro atoms. The van der Waals surface area contributed by atoms with Crippen LogP contribution in [0.1, 0.15) is 4.88 Å². The fraction of sp³-hybridized carbons (Fsp3) is 0.125. The highest BCUT2D eigenvalue weighted by Gasteiger charge is 2.00. The monoisotopic (exact) mass is 179 g/mol. The quantitative estimate of drug-likeness (QED) is 0.660. The van der Waals surface area contributed by atoms with E-state index in [4.69, 9.17) is 5.26 Å². The molecule has 0 aliphatic carbocycles. The summed E-state index contributed by atoms with van der Waals surface area (Å²) in [6, 6.07) is 6.36. The van der Waals surface area contributed by atoms with Gasteiger partial charge in [0.25, 0.3) is 0 Å². The summed E-state index contributed by atoms with van der Waals surface area (Å²) in [6.07, 6.45) is 0.548. The van der Waals surface area contributed by atoms with E-state index in [1.165, 1.54) is 14.3 Å². The molecular formula is C8H5NS2. The average molecular weight is 179 g/mol. The number of hydrogen-bond acceptors (Lipinski definition) is 3. The van der Waals surface area contributed by atoms with Crippen LogP contribution in [-0.2, 0) is 6.42 Å². The van der Waals surface area contributed by atoms with Gasteiger partial charge in [-0.05, 0) is 17.5 Å². The van der Waals surface area contributed by atoms with Crippen LogP contribution in [0.15, 0.2) is 17.5 Å². The van der Waals surface area contributed by atoms with Crippen molar-refractivity contribution in [2.45, 2.75) is 6.42 Å². The molecule has 1 nitrogen and oxygen atoms in total. The molecule has 0 unspecified atom stereocenters. The summed E-state index contributed by atoms with van der Waals surface area (Å²) in [5.41, 5.74) is 0. The lowest BCUT2D eigenvalue weighted by Gasteiger charge is -1.78. The molecule has 2 aromatic rings. The van der Waals surface area contributed by atoms with Crippen molar-refractivity contribution in [2.24, 2.45) is 0 Å². The molecule has 3 heteroatoms. The molecule has 0 bridgehead atoms. The Hall–Kier alpha value is -0.850. The molecule has 0 saturated heterocycles. The van der Waals surface area contributed by atoms with E-state index in [0.29, 0.717) is 6.42 Å². The predicted molar refractivity (Wildman–Crippen MR) is 49.0 cm³/mol. The predicted octanol–water partition coefficient (Wildman–Crippen LogP) is 3.03. The third-order valence-corrected chi connectivity index (χ3v) is 3.54. The van der Waals surface area contributed by atoms with Crippen molar-refractivity contribution in [1.29, 1.82) is 5.26 Å². The molecular weight excluding hydrogens is 174 g/mol. The highest BCUT2D eigenvalue weighted by Crippen LogP contribution is 2.29. The van der Waals surface area contributed by atoms with E-state index in [9.17, 15) is 0 Å². The van der Waals surface area contributed by atoms with Gasteiger partial charge >= 0.3 is 0 Å². The molecule has 0 aromatic carbocycles. The standard InChI is InChI=1S/C8H5NS2/c9-3-1-6-5-8-7(11-6)2-4-10-8/h2,4-5H,1H2. The maximum absolute atomic E-state index is 8.44. The van der Waals surface area contributed by atoms with Crippen molar-refractivity contribution < 1.29 is 0 Å². The number of hydrogen-bond donors (Lipinski definition) is 0. The minimum absolute atomic E-state index is 0.548. The number of rotatable bonds is 1. The van der Waals surface area contributed by atoms with Gasteiger partial charge in [0.05, 0.1) is 12.5 Å². The topological polar surface area (TPSA) is 23.8 Å². The normalized spacial score (nSPS) is 10.1. The Morgan fingerprint density at radius 3 is 3.09 bits per heavy atom. The minimum atomic E-state index is 0.548. The Labute approximate surface area is 72.5 Å². The van der Waals surface area contributed by atoms with Crippen LogP contribution in [0.5, 0.6) is 0 Å². The SMILES string of the molecule is N#CCc1cc2sccc2s1. The first-order valence-corrected chi connectivity index (χ1v) is 4.92. The van der Waals surface area contributed by atoms with Gasteiger partial charge in [-0.3, -0.25) is 0 Å². The summed E-state index contributed by atoms with van der Waals surface area (Å²) in [5.74, 6) is 0. The van der Waals surface area contributed by atoms with Gasteiger partial charge in [0, 0.05) is 14.3 Å². The Morgan fingerprint density at radius 2 is 2.36 bits per heavy atom. The molecule has 0 radical (unpaired) electrons. The Morgan fingerprint density at radius 1 is 1.45 bits per heavy atom. The first kappa shape index (κ1) is 6.84. The van der Waals surface area contributed by atoms with Crippen LogP contribution in [0.3, 0.4) is 0 Å². The van der Waals surface area contributed by atoms with E-state index in [0.717, 1.165) is 0 Å². The lowest BCUT2D eigenvalue weighted by molar-refractivity contribution is 1.32. The number of thiophene rings is 2. The van der Waals surface area contributed by atoms with Crippen LogP contribution >= 0.6 is 22.7 Å².